The number of nitrogens with zero attached hydrogens (tertiary/aromatic N) is 1. The smallest absolute Gasteiger partial charge is 0.344 e. The average Bonchev–Trinajstić information content (AvgIpc) is 2.29. The van der Waals surface area contributed by atoms with Gasteiger partial charge in [0.15, 0.2) is 5.90 Å². The van der Waals surface area contributed by atoms with Crippen molar-refractivity contribution >= 4 is 17.6 Å². The highest BCUT2D eigenvalue weighted by Crippen LogP contribution is 2.13. The Morgan fingerprint density at radius 1 is 1.29 bits per heavy atom. The third-order valence-electron chi connectivity index (χ3n) is 2.31. The third kappa shape index (κ3) is 3.90. The molecule has 17 heavy (non-hydrogen) atoms. The number of hydrogen-bond donors (Lipinski definition) is 1. The number of rotatable bonds is 4. The SMILES string of the molecule is CCCC(=N)OC(=O)c1ccc(N(C)C)cc1. The van der Waals surface area contributed by atoms with Crippen LogP contribution in [0.2, 0.25) is 0 Å². The summed E-state index contributed by atoms with van der Waals surface area (Å²) in [6, 6.07) is 7.11. The van der Waals surface area contributed by atoms with Crippen molar-refractivity contribution in [2.45, 2.75) is 19.8 Å². The van der Waals surface area contributed by atoms with Crippen molar-refractivity contribution in [3.63, 3.8) is 0 Å². The molecule has 0 aliphatic heterocycles. The second-order valence-corrected chi connectivity index (χ2v) is 4.00. The molecule has 1 N–H and O–H groups in total. The van der Waals surface area contributed by atoms with Crippen molar-refractivity contribution in [2.24, 2.45) is 0 Å². The van der Waals surface area contributed by atoms with E-state index in [0.29, 0.717) is 12.0 Å². The fraction of sp³-hybridized carbons (Fsp3) is 0.385. The molecule has 0 aliphatic rings. The molecule has 4 heteroatoms. The van der Waals surface area contributed by atoms with Gasteiger partial charge in [0.05, 0.1) is 5.56 Å². The monoisotopic (exact) mass is 234 g/mol. The quantitative estimate of drug-likeness (QED) is 0.495. The lowest BCUT2D eigenvalue weighted by atomic mass is 10.2. The first-order valence-corrected chi connectivity index (χ1v) is 5.61. The van der Waals surface area contributed by atoms with E-state index in [9.17, 15) is 4.79 Å². The Kier molecular flexibility index (Phi) is 4.69. The van der Waals surface area contributed by atoms with E-state index in [4.69, 9.17) is 10.1 Å². The van der Waals surface area contributed by atoms with Gasteiger partial charge in [-0.2, -0.15) is 0 Å². The minimum absolute atomic E-state index is 0.0224. The van der Waals surface area contributed by atoms with E-state index in [1.54, 1.807) is 12.1 Å². The van der Waals surface area contributed by atoms with Crippen LogP contribution in [-0.2, 0) is 4.74 Å². The minimum Gasteiger partial charge on any atom is -0.409 e. The zero-order valence-electron chi connectivity index (χ0n) is 10.5. The maximum Gasteiger partial charge on any atom is 0.344 e. The van der Waals surface area contributed by atoms with Crippen molar-refractivity contribution in [3.05, 3.63) is 29.8 Å². The molecule has 0 radical (unpaired) electrons. The average molecular weight is 234 g/mol. The fourth-order valence-corrected chi connectivity index (χ4v) is 1.34. The molecule has 0 saturated carbocycles. The molecule has 0 spiro atoms. The maximum atomic E-state index is 11.6. The van der Waals surface area contributed by atoms with E-state index < -0.39 is 5.97 Å². The number of carbonyl (C=O) groups is 1. The highest BCUT2D eigenvalue weighted by atomic mass is 16.5. The number of benzene rings is 1. The summed E-state index contributed by atoms with van der Waals surface area (Å²) in [6.45, 7) is 1.94. The lowest BCUT2D eigenvalue weighted by Gasteiger charge is -2.12. The second kappa shape index (κ2) is 6.03. The summed E-state index contributed by atoms with van der Waals surface area (Å²) >= 11 is 0. The number of anilines is 1. The molecule has 0 heterocycles. The van der Waals surface area contributed by atoms with Crippen LogP contribution >= 0.6 is 0 Å². The molecule has 92 valence electrons. The molecule has 0 atom stereocenters. The molecule has 1 aromatic rings. The van der Waals surface area contributed by atoms with Gasteiger partial charge >= 0.3 is 5.97 Å². The van der Waals surface area contributed by atoms with Crippen LogP contribution in [0.3, 0.4) is 0 Å². The fourth-order valence-electron chi connectivity index (χ4n) is 1.34. The summed E-state index contributed by atoms with van der Waals surface area (Å²) in [4.78, 5) is 13.6. The molecule has 1 rings (SSSR count). The van der Waals surface area contributed by atoms with E-state index in [-0.39, 0.29) is 5.90 Å². The van der Waals surface area contributed by atoms with E-state index in [1.807, 2.05) is 38.1 Å². The van der Waals surface area contributed by atoms with Crippen molar-refractivity contribution in [3.8, 4) is 0 Å². The highest BCUT2D eigenvalue weighted by Gasteiger charge is 2.09. The van der Waals surface area contributed by atoms with E-state index in [0.717, 1.165) is 12.1 Å². The topological polar surface area (TPSA) is 53.4 Å². The summed E-state index contributed by atoms with van der Waals surface area (Å²) in [5.74, 6) is -0.442. The molecule has 0 unspecified atom stereocenters. The molecule has 0 saturated heterocycles. The predicted octanol–water partition coefficient (Wildman–Crippen LogP) is 2.69. The summed E-state index contributed by atoms with van der Waals surface area (Å²) in [6.07, 6.45) is 1.28. The maximum absolute atomic E-state index is 11.6. The zero-order chi connectivity index (χ0) is 12.8. The Morgan fingerprint density at radius 3 is 2.35 bits per heavy atom. The normalized spacial score (nSPS) is 9.82. The summed E-state index contributed by atoms with van der Waals surface area (Å²) in [5.41, 5.74) is 1.49. The van der Waals surface area contributed by atoms with Gasteiger partial charge in [-0.3, -0.25) is 5.41 Å². The van der Waals surface area contributed by atoms with Crippen LogP contribution in [0.1, 0.15) is 30.1 Å². The molecule has 0 bridgehead atoms. The van der Waals surface area contributed by atoms with Crippen molar-refractivity contribution in [2.75, 3.05) is 19.0 Å². The van der Waals surface area contributed by atoms with Gasteiger partial charge in [0.1, 0.15) is 0 Å². The number of hydrogen-bond acceptors (Lipinski definition) is 4. The summed E-state index contributed by atoms with van der Waals surface area (Å²) < 4.78 is 4.91. The number of esters is 1. The standard InChI is InChI=1S/C13H18N2O2/c1-4-5-12(14)17-13(16)10-6-8-11(9-7-10)15(2)3/h6-9,14H,4-5H2,1-3H3. The van der Waals surface area contributed by atoms with Crippen molar-refractivity contribution in [1.29, 1.82) is 5.41 Å². The first-order chi connectivity index (χ1) is 8.04. The molecule has 0 amide bonds. The number of nitrogens with one attached hydrogen (secondary N) is 1. The van der Waals surface area contributed by atoms with Gasteiger partial charge in [-0.25, -0.2) is 4.79 Å². The molecule has 0 fully saturated rings. The Labute approximate surface area is 102 Å². The van der Waals surface area contributed by atoms with Gasteiger partial charge in [-0.15, -0.1) is 0 Å². The molecule has 0 aliphatic carbocycles. The molecule has 4 nitrogen and oxygen atoms in total. The van der Waals surface area contributed by atoms with Crippen LogP contribution in [0.25, 0.3) is 0 Å². The predicted molar refractivity (Wildman–Crippen MR) is 68.8 cm³/mol. The van der Waals surface area contributed by atoms with Gasteiger partial charge in [0, 0.05) is 26.2 Å². The largest absolute Gasteiger partial charge is 0.409 e. The van der Waals surface area contributed by atoms with Gasteiger partial charge in [-0.1, -0.05) is 6.92 Å². The zero-order valence-corrected chi connectivity index (χ0v) is 10.5. The van der Waals surface area contributed by atoms with Crippen LogP contribution in [0.5, 0.6) is 0 Å². The van der Waals surface area contributed by atoms with Gasteiger partial charge in [0.25, 0.3) is 0 Å². The Balaban J connectivity index is 2.67. The van der Waals surface area contributed by atoms with Crippen LogP contribution in [0, 0.1) is 5.41 Å². The van der Waals surface area contributed by atoms with E-state index in [1.165, 1.54) is 0 Å². The minimum atomic E-state index is -0.464. The van der Waals surface area contributed by atoms with Crippen molar-refractivity contribution in [1.82, 2.24) is 0 Å². The van der Waals surface area contributed by atoms with Crippen LogP contribution < -0.4 is 4.90 Å². The lowest BCUT2D eigenvalue weighted by molar-refractivity contribution is 0.0710. The Bertz CT molecular complexity index is 396. The first-order valence-electron chi connectivity index (χ1n) is 5.61. The number of carbonyl (C=O) groups excluding carboxylic acids is 1. The summed E-state index contributed by atoms with van der Waals surface area (Å²) in [5, 5.41) is 7.43. The Morgan fingerprint density at radius 2 is 1.88 bits per heavy atom. The lowest BCUT2D eigenvalue weighted by Crippen LogP contribution is -2.12. The number of ether oxygens (including phenoxy) is 1. The van der Waals surface area contributed by atoms with Crippen molar-refractivity contribution < 1.29 is 9.53 Å². The van der Waals surface area contributed by atoms with Crippen LogP contribution in [0.4, 0.5) is 5.69 Å². The Hall–Kier alpha value is -1.84. The molecule has 1 aromatic carbocycles. The molecule has 0 aromatic heterocycles. The van der Waals surface area contributed by atoms with Crippen LogP contribution in [0.15, 0.2) is 24.3 Å². The van der Waals surface area contributed by atoms with Gasteiger partial charge in [0.2, 0.25) is 0 Å². The second-order valence-electron chi connectivity index (χ2n) is 4.00. The first kappa shape index (κ1) is 13.2. The van der Waals surface area contributed by atoms with E-state index in [2.05, 4.69) is 0 Å². The highest BCUT2D eigenvalue weighted by molar-refractivity contribution is 5.97. The molecular weight excluding hydrogens is 216 g/mol. The van der Waals surface area contributed by atoms with Gasteiger partial charge < -0.3 is 9.64 Å². The van der Waals surface area contributed by atoms with E-state index >= 15 is 0 Å². The van der Waals surface area contributed by atoms with Gasteiger partial charge in [-0.05, 0) is 30.7 Å². The van der Waals surface area contributed by atoms with Crippen LogP contribution in [-0.4, -0.2) is 26.0 Å². The summed E-state index contributed by atoms with van der Waals surface area (Å²) in [7, 11) is 3.87. The molecular formula is C13H18N2O2. The third-order valence-corrected chi connectivity index (χ3v) is 2.31.